The lowest BCUT2D eigenvalue weighted by molar-refractivity contribution is 1.29. The van der Waals surface area contributed by atoms with Crippen molar-refractivity contribution in [3.8, 4) is 28.5 Å². The second kappa shape index (κ2) is 8.30. The number of aromatic nitrogens is 1. The number of hydrogen-bond acceptors (Lipinski definition) is 5. The number of nitriles is 1. The molecule has 4 nitrogen and oxygen atoms in total. The molecule has 134 valence electrons. The summed E-state index contributed by atoms with van der Waals surface area (Å²) >= 11 is 1.52. The zero-order valence-electron chi connectivity index (χ0n) is 14.9. The minimum atomic E-state index is 0.656. The summed E-state index contributed by atoms with van der Waals surface area (Å²) in [6.45, 7) is 0. The summed E-state index contributed by atoms with van der Waals surface area (Å²) in [4.78, 5) is 4.56. The van der Waals surface area contributed by atoms with Gasteiger partial charge < -0.3 is 0 Å². The van der Waals surface area contributed by atoms with Crippen LogP contribution in [0.2, 0.25) is 0 Å². The fourth-order valence-corrected chi connectivity index (χ4v) is 3.43. The molecule has 4 aromatic rings. The molecule has 0 saturated heterocycles. The zero-order valence-corrected chi connectivity index (χ0v) is 15.7. The van der Waals surface area contributed by atoms with Crippen LogP contribution in [0, 0.1) is 11.3 Å². The molecular weight excluding hydrogens is 364 g/mol. The number of thiazole rings is 1. The molecule has 0 amide bonds. The Kier molecular flexibility index (Phi) is 5.23. The molecule has 3 aromatic carbocycles. The summed E-state index contributed by atoms with van der Waals surface area (Å²) in [6, 6.07) is 27.8. The second-order valence-corrected chi connectivity index (χ2v) is 6.95. The number of hydrogen-bond donors (Lipinski definition) is 1. The highest BCUT2D eigenvalue weighted by molar-refractivity contribution is 7.14. The van der Waals surface area contributed by atoms with E-state index in [0.717, 1.165) is 33.1 Å². The maximum absolute atomic E-state index is 8.92. The summed E-state index contributed by atoms with van der Waals surface area (Å²) in [5, 5.41) is 16.0. The normalized spacial score (nSPS) is 10.7. The maximum Gasteiger partial charge on any atom is 0.203 e. The van der Waals surface area contributed by atoms with Crippen molar-refractivity contribution in [1.82, 2.24) is 4.98 Å². The van der Waals surface area contributed by atoms with Gasteiger partial charge in [0.25, 0.3) is 0 Å². The fourth-order valence-electron chi connectivity index (χ4n) is 2.76. The van der Waals surface area contributed by atoms with Crippen molar-refractivity contribution in [3.63, 3.8) is 0 Å². The number of nitrogens with one attached hydrogen (secondary N) is 1. The number of rotatable bonds is 5. The van der Waals surface area contributed by atoms with E-state index in [1.54, 1.807) is 6.21 Å². The van der Waals surface area contributed by atoms with E-state index >= 15 is 0 Å². The summed E-state index contributed by atoms with van der Waals surface area (Å²) in [6.07, 6.45) is 1.77. The van der Waals surface area contributed by atoms with Crippen molar-refractivity contribution in [2.75, 3.05) is 5.43 Å². The van der Waals surface area contributed by atoms with Gasteiger partial charge in [0.2, 0.25) is 5.13 Å². The van der Waals surface area contributed by atoms with E-state index in [9.17, 15) is 0 Å². The van der Waals surface area contributed by atoms with E-state index in [-0.39, 0.29) is 0 Å². The summed E-state index contributed by atoms with van der Waals surface area (Å²) in [5.41, 5.74) is 8.80. The van der Waals surface area contributed by atoms with Gasteiger partial charge >= 0.3 is 0 Å². The largest absolute Gasteiger partial charge is 0.253 e. The van der Waals surface area contributed by atoms with Crippen LogP contribution in [0.1, 0.15) is 11.1 Å². The molecule has 0 aliphatic heterocycles. The molecule has 0 saturated carbocycles. The molecule has 0 radical (unpaired) electrons. The minimum absolute atomic E-state index is 0.656. The first-order chi connectivity index (χ1) is 13.8. The lowest BCUT2D eigenvalue weighted by Crippen LogP contribution is -1.90. The van der Waals surface area contributed by atoms with E-state index in [1.165, 1.54) is 11.3 Å². The van der Waals surface area contributed by atoms with Gasteiger partial charge in [-0.2, -0.15) is 10.4 Å². The van der Waals surface area contributed by atoms with E-state index in [1.807, 2.05) is 78.2 Å². The number of hydrazone groups is 1. The van der Waals surface area contributed by atoms with Gasteiger partial charge in [0.05, 0.1) is 23.5 Å². The molecule has 0 bridgehead atoms. The van der Waals surface area contributed by atoms with E-state index in [0.29, 0.717) is 5.56 Å². The first-order valence-corrected chi connectivity index (χ1v) is 9.60. The van der Waals surface area contributed by atoms with Crippen molar-refractivity contribution in [2.24, 2.45) is 5.10 Å². The third-order valence-corrected chi connectivity index (χ3v) is 4.93. The van der Waals surface area contributed by atoms with Crippen LogP contribution < -0.4 is 5.43 Å². The third kappa shape index (κ3) is 4.14. The van der Waals surface area contributed by atoms with Gasteiger partial charge in [0.1, 0.15) is 0 Å². The molecule has 0 fully saturated rings. The zero-order chi connectivity index (χ0) is 19.2. The lowest BCUT2D eigenvalue weighted by atomic mass is 10.0. The second-order valence-electron chi connectivity index (χ2n) is 6.09. The molecule has 28 heavy (non-hydrogen) atoms. The third-order valence-electron chi connectivity index (χ3n) is 4.18. The molecule has 1 aromatic heterocycles. The summed E-state index contributed by atoms with van der Waals surface area (Å²) < 4.78 is 0. The van der Waals surface area contributed by atoms with Crippen molar-refractivity contribution in [2.45, 2.75) is 0 Å². The van der Waals surface area contributed by atoms with E-state index < -0.39 is 0 Å². The van der Waals surface area contributed by atoms with Gasteiger partial charge in [-0.25, -0.2) is 4.98 Å². The average Bonchev–Trinajstić information content (AvgIpc) is 3.24. The summed E-state index contributed by atoms with van der Waals surface area (Å²) in [7, 11) is 0. The minimum Gasteiger partial charge on any atom is -0.253 e. The number of benzene rings is 3. The number of anilines is 1. The Bertz CT molecular complexity index is 1140. The Morgan fingerprint density at radius 1 is 0.893 bits per heavy atom. The molecule has 1 N–H and O–H groups in total. The van der Waals surface area contributed by atoms with E-state index in [4.69, 9.17) is 5.26 Å². The monoisotopic (exact) mass is 380 g/mol. The van der Waals surface area contributed by atoms with Crippen molar-refractivity contribution >= 4 is 22.7 Å². The van der Waals surface area contributed by atoms with Crippen LogP contribution in [0.3, 0.4) is 0 Å². The average molecular weight is 380 g/mol. The highest BCUT2D eigenvalue weighted by atomic mass is 32.1. The smallest absolute Gasteiger partial charge is 0.203 e. The first kappa shape index (κ1) is 17.7. The van der Waals surface area contributed by atoms with Gasteiger partial charge in [0.15, 0.2) is 0 Å². The van der Waals surface area contributed by atoms with Crippen molar-refractivity contribution < 1.29 is 0 Å². The van der Waals surface area contributed by atoms with Crippen LogP contribution in [0.15, 0.2) is 89.3 Å². The molecule has 0 spiro atoms. The lowest BCUT2D eigenvalue weighted by Gasteiger charge is -2.03. The summed E-state index contributed by atoms with van der Waals surface area (Å²) in [5.74, 6) is 0. The van der Waals surface area contributed by atoms with Gasteiger partial charge in [-0.15, -0.1) is 11.3 Å². The molecular formula is C23H16N4S. The predicted molar refractivity (Wildman–Crippen MR) is 115 cm³/mol. The Labute approximate surface area is 167 Å². The SMILES string of the molecule is N#Cc1ccc(-c2cccc(C=NNc3nc(-c4ccccc4)cs3)c2)cc1. The Hall–Kier alpha value is -3.75. The number of nitrogens with zero attached hydrogens (tertiary/aromatic N) is 3. The molecule has 1 heterocycles. The van der Waals surface area contributed by atoms with Crippen LogP contribution in [0.25, 0.3) is 22.4 Å². The van der Waals surface area contributed by atoms with Crippen molar-refractivity contribution in [1.29, 1.82) is 5.26 Å². The van der Waals surface area contributed by atoms with Crippen LogP contribution >= 0.6 is 11.3 Å². The maximum atomic E-state index is 8.92. The molecule has 4 rings (SSSR count). The van der Waals surface area contributed by atoms with Gasteiger partial charge in [-0.05, 0) is 34.9 Å². The Morgan fingerprint density at radius 2 is 1.68 bits per heavy atom. The van der Waals surface area contributed by atoms with Gasteiger partial charge in [-0.1, -0.05) is 60.7 Å². The van der Waals surface area contributed by atoms with Crippen LogP contribution in [0.5, 0.6) is 0 Å². The molecule has 0 unspecified atom stereocenters. The Morgan fingerprint density at radius 3 is 2.46 bits per heavy atom. The predicted octanol–water partition coefficient (Wildman–Crippen LogP) is 5.79. The van der Waals surface area contributed by atoms with Crippen LogP contribution in [-0.2, 0) is 0 Å². The van der Waals surface area contributed by atoms with E-state index in [2.05, 4.69) is 27.6 Å². The van der Waals surface area contributed by atoms with Crippen LogP contribution in [-0.4, -0.2) is 11.2 Å². The topological polar surface area (TPSA) is 61.1 Å². The molecule has 0 aliphatic carbocycles. The van der Waals surface area contributed by atoms with Gasteiger partial charge in [0, 0.05) is 10.9 Å². The highest BCUT2D eigenvalue weighted by Crippen LogP contribution is 2.24. The van der Waals surface area contributed by atoms with Crippen molar-refractivity contribution in [3.05, 3.63) is 95.4 Å². The molecule has 5 heteroatoms. The molecule has 0 atom stereocenters. The molecule has 0 aliphatic rings. The van der Waals surface area contributed by atoms with Gasteiger partial charge in [-0.3, -0.25) is 5.43 Å². The highest BCUT2D eigenvalue weighted by Gasteiger charge is 2.03. The van der Waals surface area contributed by atoms with Crippen LogP contribution in [0.4, 0.5) is 5.13 Å². The first-order valence-electron chi connectivity index (χ1n) is 8.72. The standard InChI is InChI=1S/C23H16N4S/c24-14-17-9-11-19(12-10-17)21-8-4-5-18(13-21)15-25-27-23-26-22(16-28-23)20-6-2-1-3-7-20/h1-13,15-16H,(H,26,27). The Balaban J connectivity index is 1.45. The quantitative estimate of drug-likeness (QED) is 0.352. The fraction of sp³-hybridized carbons (Fsp3) is 0.